The molecule has 1 saturated heterocycles. The van der Waals surface area contributed by atoms with E-state index >= 15 is 0 Å². The molecule has 2 aromatic rings. The van der Waals surface area contributed by atoms with Crippen molar-refractivity contribution in [1.29, 1.82) is 0 Å². The van der Waals surface area contributed by atoms with E-state index in [0.717, 1.165) is 22.3 Å². The molecular formula is C27H30N2O6. The molecular weight excluding hydrogens is 448 g/mol. The van der Waals surface area contributed by atoms with Crippen LogP contribution in [0.25, 0.3) is 11.1 Å². The number of aliphatic carboxylic acids is 1. The van der Waals surface area contributed by atoms with Gasteiger partial charge in [0.1, 0.15) is 18.1 Å². The molecule has 4 rings (SSSR count). The molecule has 0 saturated carbocycles. The lowest BCUT2D eigenvalue weighted by molar-refractivity contribution is -0.170. The molecule has 1 fully saturated rings. The van der Waals surface area contributed by atoms with Gasteiger partial charge in [-0.25, -0.2) is 4.79 Å². The quantitative estimate of drug-likeness (QED) is 0.507. The van der Waals surface area contributed by atoms with Crippen LogP contribution in [0, 0.1) is 5.41 Å². The molecule has 8 nitrogen and oxygen atoms in total. The lowest BCUT2D eigenvalue weighted by atomic mass is 9.76. The maximum absolute atomic E-state index is 12.7. The fourth-order valence-corrected chi connectivity index (χ4v) is 4.97. The molecule has 1 aliphatic carbocycles. The topological polar surface area (TPSA) is 105 Å². The van der Waals surface area contributed by atoms with E-state index in [-0.39, 0.29) is 44.5 Å². The Morgan fingerprint density at radius 2 is 1.74 bits per heavy atom. The number of nitrogens with one attached hydrogen (secondary N) is 1. The van der Waals surface area contributed by atoms with Crippen LogP contribution in [0.1, 0.15) is 29.9 Å². The standard InChI is InChI=1S/C27H30N2O6/c1-3-13-27(25(31)32)16-29(17-27)24(30)23(34-2)12-14-28-26(33)35-15-22-20-10-6-4-8-18(20)19-9-5-7-11-21(19)22/h3-11,22-23H,1,12-17H2,2H3,(H,28,33)(H,31,32). The average molecular weight is 479 g/mol. The summed E-state index contributed by atoms with van der Waals surface area (Å²) in [5.41, 5.74) is 3.61. The van der Waals surface area contributed by atoms with Crippen molar-refractivity contribution in [2.75, 3.05) is 33.4 Å². The number of carboxylic acids is 1. The maximum atomic E-state index is 12.7. The number of fused-ring (bicyclic) bond motifs is 3. The molecule has 1 unspecified atom stereocenters. The number of hydrogen-bond acceptors (Lipinski definition) is 5. The van der Waals surface area contributed by atoms with Gasteiger partial charge in [0.25, 0.3) is 5.91 Å². The Labute approximate surface area is 204 Å². The SMILES string of the molecule is C=CCC1(C(=O)O)CN(C(=O)C(CCNC(=O)OCC2c3ccccc3-c3ccccc32)OC)C1. The number of ether oxygens (including phenoxy) is 2. The number of hydrogen-bond donors (Lipinski definition) is 2. The lowest BCUT2D eigenvalue weighted by Crippen LogP contribution is -2.63. The third-order valence-corrected chi connectivity index (χ3v) is 6.87. The van der Waals surface area contributed by atoms with Gasteiger partial charge in [-0.2, -0.15) is 0 Å². The zero-order chi connectivity index (χ0) is 25.0. The summed E-state index contributed by atoms with van der Waals surface area (Å²) in [7, 11) is 1.42. The zero-order valence-corrected chi connectivity index (χ0v) is 19.7. The van der Waals surface area contributed by atoms with Gasteiger partial charge in [0.2, 0.25) is 0 Å². The molecule has 0 spiro atoms. The van der Waals surface area contributed by atoms with Crippen molar-refractivity contribution in [2.45, 2.75) is 24.9 Å². The van der Waals surface area contributed by atoms with E-state index < -0.39 is 23.6 Å². The van der Waals surface area contributed by atoms with E-state index in [2.05, 4.69) is 36.2 Å². The minimum absolute atomic E-state index is 0.0297. The summed E-state index contributed by atoms with van der Waals surface area (Å²) in [4.78, 5) is 38.1. The van der Waals surface area contributed by atoms with E-state index in [0.29, 0.717) is 6.42 Å². The van der Waals surface area contributed by atoms with Crippen molar-refractivity contribution < 1.29 is 29.0 Å². The number of benzene rings is 2. The summed E-state index contributed by atoms with van der Waals surface area (Å²) in [6.45, 7) is 4.24. The Hall–Kier alpha value is -3.65. The molecule has 0 aromatic heterocycles. The Bertz CT molecular complexity index is 1080. The van der Waals surface area contributed by atoms with Crippen LogP contribution in [-0.4, -0.2) is 67.4 Å². The molecule has 1 heterocycles. The molecule has 2 amide bonds. The number of rotatable bonds is 10. The van der Waals surface area contributed by atoms with Crippen molar-refractivity contribution >= 4 is 18.0 Å². The molecule has 2 N–H and O–H groups in total. The van der Waals surface area contributed by atoms with Crippen LogP contribution >= 0.6 is 0 Å². The highest BCUT2D eigenvalue weighted by molar-refractivity contribution is 5.86. The van der Waals surface area contributed by atoms with Crippen LogP contribution < -0.4 is 5.32 Å². The van der Waals surface area contributed by atoms with Crippen LogP contribution in [0.5, 0.6) is 0 Å². The highest BCUT2D eigenvalue weighted by atomic mass is 16.5. The fraction of sp³-hybridized carbons (Fsp3) is 0.370. The van der Waals surface area contributed by atoms with Gasteiger partial charge in [-0.05, 0) is 28.7 Å². The molecule has 2 aromatic carbocycles. The first kappa shape index (κ1) is 24.5. The normalized spacial score (nSPS) is 16.4. The number of likely N-dealkylation sites (tertiary alicyclic amines) is 1. The van der Waals surface area contributed by atoms with Crippen molar-refractivity contribution in [3.63, 3.8) is 0 Å². The molecule has 0 radical (unpaired) electrons. The number of allylic oxidation sites excluding steroid dienone is 1. The zero-order valence-electron chi connectivity index (χ0n) is 19.7. The monoisotopic (exact) mass is 478 g/mol. The van der Waals surface area contributed by atoms with Crippen LogP contribution in [0.2, 0.25) is 0 Å². The van der Waals surface area contributed by atoms with E-state index in [1.165, 1.54) is 12.0 Å². The molecule has 1 aliphatic heterocycles. The van der Waals surface area contributed by atoms with Crippen LogP contribution in [0.4, 0.5) is 4.79 Å². The fourth-order valence-electron chi connectivity index (χ4n) is 4.97. The third-order valence-electron chi connectivity index (χ3n) is 6.87. The number of carbonyl (C=O) groups is 3. The number of carbonyl (C=O) groups excluding carboxylic acids is 2. The van der Waals surface area contributed by atoms with Gasteiger partial charge in [0.05, 0.1) is 0 Å². The van der Waals surface area contributed by atoms with E-state index in [9.17, 15) is 19.5 Å². The minimum Gasteiger partial charge on any atom is -0.481 e. The first-order chi connectivity index (χ1) is 16.9. The van der Waals surface area contributed by atoms with Crippen LogP contribution in [0.15, 0.2) is 61.2 Å². The maximum Gasteiger partial charge on any atom is 0.407 e. The molecule has 8 heteroatoms. The molecule has 2 aliphatic rings. The van der Waals surface area contributed by atoms with Gasteiger partial charge >= 0.3 is 12.1 Å². The van der Waals surface area contributed by atoms with Crippen LogP contribution in [-0.2, 0) is 19.1 Å². The predicted molar refractivity (Wildman–Crippen MR) is 130 cm³/mol. The molecule has 184 valence electrons. The lowest BCUT2D eigenvalue weighted by Gasteiger charge is -2.47. The van der Waals surface area contributed by atoms with Gasteiger partial charge in [0.15, 0.2) is 0 Å². The summed E-state index contributed by atoms with van der Waals surface area (Å²) in [6, 6.07) is 16.2. The first-order valence-corrected chi connectivity index (χ1v) is 11.6. The highest BCUT2D eigenvalue weighted by Gasteiger charge is 2.51. The second-order valence-corrected chi connectivity index (χ2v) is 9.04. The van der Waals surface area contributed by atoms with Gasteiger partial charge < -0.3 is 24.8 Å². The van der Waals surface area contributed by atoms with Gasteiger partial charge in [-0.15, -0.1) is 6.58 Å². The summed E-state index contributed by atoms with van der Waals surface area (Å²) < 4.78 is 10.8. The summed E-state index contributed by atoms with van der Waals surface area (Å²) in [5.74, 6) is -1.26. The summed E-state index contributed by atoms with van der Waals surface area (Å²) >= 11 is 0. The van der Waals surface area contributed by atoms with Crippen LogP contribution in [0.3, 0.4) is 0 Å². The summed E-state index contributed by atoms with van der Waals surface area (Å²) in [5, 5.41) is 12.2. The molecule has 1 atom stereocenters. The number of nitrogens with zero attached hydrogens (tertiary/aromatic N) is 1. The number of alkyl carbamates (subject to hydrolysis) is 1. The Morgan fingerprint density at radius 1 is 1.14 bits per heavy atom. The van der Waals surface area contributed by atoms with Gasteiger partial charge in [-0.3, -0.25) is 9.59 Å². The second kappa shape index (κ2) is 10.3. The van der Waals surface area contributed by atoms with E-state index in [1.54, 1.807) is 6.08 Å². The van der Waals surface area contributed by atoms with Crippen molar-refractivity contribution in [3.05, 3.63) is 72.3 Å². The Morgan fingerprint density at radius 3 is 2.29 bits per heavy atom. The number of methoxy groups -OCH3 is 1. The Balaban J connectivity index is 1.25. The first-order valence-electron chi connectivity index (χ1n) is 11.6. The third kappa shape index (κ3) is 4.79. The Kier molecular flexibility index (Phi) is 7.21. The second-order valence-electron chi connectivity index (χ2n) is 9.04. The largest absolute Gasteiger partial charge is 0.481 e. The molecule has 0 bridgehead atoms. The number of amides is 2. The van der Waals surface area contributed by atoms with Gasteiger partial charge in [0, 0.05) is 39.1 Å². The predicted octanol–water partition coefficient (Wildman–Crippen LogP) is 3.42. The van der Waals surface area contributed by atoms with E-state index in [4.69, 9.17) is 9.47 Å². The molecule has 35 heavy (non-hydrogen) atoms. The van der Waals surface area contributed by atoms with Crippen molar-refractivity contribution in [2.24, 2.45) is 5.41 Å². The van der Waals surface area contributed by atoms with Crippen molar-refractivity contribution in [1.82, 2.24) is 10.2 Å². The van der Waals surface area contributed by atoms with Crippen molar-refractivity contribution in [3.8, 4) is 11.1 Å². The average Bonchev–Trinajstić information content (AvgIpc) is 3.15. The van der Waals surface area contributed by atoms with E-state index in [1.807, 2.05) is 24.3 Å². The van der Waals surface area contributed by atoms with Gasteiger partial charge in [-0.1, -0.05) is 54.6 Å². The minimum atomic E-state index is -0.977. The smallest absolute Gasteiger partial charge is 0.407 e. The highest BCUT2D eigenvalue weighted by Crippen LogP contribution is 2.44. The number of carboxylic acid groups (broad SMARTS) is 1. The summed E-state index contributed by atoms with van der Waals surface area (Å²) in [6.07, 6.45) is 0.764.